The van der Waals surface area contributed by atoms with E-state index >= 15 is 0 Å². The zero-order chi connectivity index (χ0) is 23.3. The van der Waals surface area contributed by atoms with Gasteiger partial charge in [-0.2, -0.15) is 4.31 Å². The number of aryl methyl sites for hydroxylation is 2. The van der Waals surface area contributed by atoms with Crippen molar-refractivity contribution in [2.24, 2.45) is 5.92 Å². The van der Waals surface area contributed by atoms with Crippen LogP contribution in [0.15, 0.2) is 29.2 Å². The van der Waals surface area contributed by atoms with Crippen molar-refractivity contribution in [2.45, 2.75) is 57.8 Å². The van der Waals surface area contributed by atoms with Crippen LogP contribution in [0, 0.1) is 12.8 Å². The standard InChI is InChI=1S/C25H32N4O2S2/c1-16(2)19-6-8-20(9-7-19)33(30,31)29-13-11-28(12-14-29)24-23-21-10-5-17(3)15-22(21)32-25(23)27-18(4)26-24/h6-9,16-17H,5,10-15H2,1-4H3/t17-/m1/s1. The molecule has 176 valence electrons. The fourth-order valence-electron chi connectivity index (χ4n) is 4.97. The summed E-state index contributed by atoms with van der Waals surface area (Å²) in [4.78, 5) is 14.8. The van der Waals surface area contributed by atoms with Gasteiger partial charge >= 0.3 is 0 Å². The van der Waals surface area contributed by atoms with Crippen molar-refractivity contribution in [1.82, 2.24) is 14.3 Å². The SMILES string of the molecule is Cc1nc(N2CCN(S(=O)(=O)c3ccc(C(C)C)cc3)CC2)c2c3c(sc2n1)C[C@H](C)CC3. The Morgan fingerprint density at radius 1 is 1.06 bits per heavy atom. The summed E-state index contributed by atoms with van der Waals surface area (Å²) in [5.74, 6) is 2.86. The first-order valence-corrected chi connectivity index (χ1v) is 14.1. The van der Waals surface area contributed by atoms with E-state index in [0.29, 0.717) is 42.9 Å². The molecule has 1 aliphatic heterocycles. The number of sulfonamides is 1. The van der Waals surface area contributed by atoms with E-state index in [1.165, 1.54) is 22.2 Å². The fourth-order valence-corrected chi connectivity index (χ4v) is 7.81. The van der Waals surface area contributed by atoms with Gasteiger partial charge in [-0.05, 0) is 61.3 Å². The van der Waals surface area contributed by atoms with Crippen LogP contribution in [0.5, 0.6) is 0 Å². The Bertz CT molecular complexity index is 1270. The third-order valence-electron chi connectivity index (χ3n) is 6.97. The fraction of sp³-hybridized carbons (Fsp3) is 0.520. The lowest BCUT2D eigenvalue weighted by Crippen LogP contribution is -2.49. The van der Waals surface area contributed by atoms with E-state index in [1.54, 1.807) is 16.4 Å². The van der Waals surface area contributed by atoms with Crippen molar-refractivity contribution < 1.29 is 8.42 Å². The Morgan fingerprint density at radius 2 is 1.76 bits per heavy atom. The summed E-state index contributed by atoms with van der Waals surface area (Å²) in [5, 5.41) is 1.20. The molecule has 0 N–H and O–H groups in total. The van der Waals surface area contributed by atoms with Crippen LogP contribution in [-0.2, 0) is 22.9 Å². The Morgan fingerprint density at radius 3 is 2.42 bits per heavy atom. The predicted octanol–water partition coefficient (Wildman–Crippen LogP) is 4.76. The molecule has 3 aromatic rings. The predicted molar refractivity (Wildman–Crippen MR) is 135 cm³/mol. The number of piperazine rings is 1. The molecule has 5 rings (SSSR count). The molecule has 6 nitrogen and oxygen atoms in total. The average molecular weight is 485 g/mol. The molecule has 1 atom stereocenters. The van der Waals surface area contributed by atoms with Gasteiger partial charge in [0.1, 0.15) is 16.5 Å². The van der Waals surface area contributed by atoms with Crippen molar-refractivity contribution in [3.05, 3.63) is 46.1 Å². The molecular formula is C25H32N4O2S2. The monoisotopic (exact) mass is 484 g/mol. The highest BCUT2D eigenvalue weighted by Crippen LogP contribution is 2.41. The van der Waals surface area contributed by atoms with Gasteiger partial charge < -0.3 is 4.90 Å². The largest absolute Gasteiger partial charge is 0.353 e. The molecule has 0 saturated carbocycles. The minimum atomic E-state index is -3.49. The topological polar surface area (TPSA) is 66.4 Å². The molecule has 1 saturated heterocycles. The molecule has 33 heavy (non-hydrogen) atoms. The molecule has 8 heteroatoms. The molecule has 0 amide bonds. The highest BCUT2D eigenvalue weighted by molar-refractivity contribution is 7.89. The first-order chi connectivity index (χ1) is 15.7. The van der Waals surface area contributed by atoms with E-state index in [1.807, 2.05) is 30.4 Å². The van der Waals surface area contributed by atoms with E-state index < -0.39 is 10.0 Å². The first-order valence-electron chi connectivity index (χ1n) is 11.9. The van der Waals surface area contributed by atoms with Crippen LogP contribution < -0.4 is 4.90 Å². The van der Waals surface area contributed by atoms with Gasteiger partial charge in [0.05, 0.1) is 10.3 Å². The second-order valence-electron chi connectivity index (χ2n) is 9.74. The van der Waals surface area contributed by atoms with Gasteiger partial charge in [-0.3, -0.25) is 0 Å². The summed E-state index contributed by atoms with van der Waals surface area (Å²) in [5.41, 5.74) is 2.57. The lowest BCUT2D eigenvalue weighted by molar-refractivity contribution is 0.384. The van der Waals surface area contributed by atoms with Gasteiger partial charge in [0, 0.05) is 31.1 Å². The average Bonchev–Trinajstić information content (AvgIpc) is 3.15. The number of hydrogen-bond donors (Lipinski definition) is 0. The molecule has 1 aliphatic carbocycles. The van der Waals surface area contributed by atoms with Gasteiger partial charge in [-0.15, -0.1) is 11.3 Å². The van der Waals surface area contributed by atoms with Crippen LogP contribution in [0.25, 0.3) is 10.2 Å². The van der Waals surface area contributed by atoms with Crippen molar-refractivity contribution >= 4 is 37.4 Å². The third-order valence-corrected chi connectivity index (χ3v) is 10.0. The minimum Gasteiger partial charge on any atom is -0.353 e. The molecule has 1 fully saturated rings. The summed E-state index contributed by atoms with van der Waals surface area (Å²) in [6.45, 7) is 10.7. The van der Waals surface area contributed by atoms with Crippen LogP contribution >= 0.6 is 11.3 Å². The molecular weight excluding hydrogens is 452 g/mol. The van der Waals surface area contributed by atoms with Gasteiger partial charge in [-0.1, -0.05) is 32.9 Å². The third kappa shape index (κ3) is 4.17. The maximum absolute atomic E-state index is 13.2. The van der Waals surface area contributed by atoms with Gasteiger partial charge in [-0.25, -0.2) is 18.4 Å². The number of rotatable bonds is 4. The van der Waals surface area contributed by atoms with Crippen LogP contribution in [0.4, 0.5) is 5.82 Å². The molecule has 2 aliphatic rings. The summed E-state index contributed by atoms with van der Waals surface area (Å²) in [7, 11) is -3.49. The van der Waals surface area contributed by atoms with Crippen molar-refractivity contribution in [3.8, 4) is 0 Å². The maximum atomic E-state index is 13.2. The lowest BCUT2D eigenvalue weighted by atomic mass is 9.89. The number of benzene rings is 1. The highest BCUT2D eigenvalue weighted by atomic mass is 32.2. The van der Waals surface area contributed by atoms with E-state index in [2.05, 4.69) is 25.7 Å². The number of hydrogen-bond acceptors (Lipinski definition) is 6. The Hall–Kier alpha value is -2.03. The van der Waals surface area contributed by atoms with Crippen LogP contribution in [0.3, 0.4) is 0 Å². The molecule has 0 spiro atoms. The van der Waals surface area contributed by atoms with Gasteiger partial charge in [0.15, 0.2) is 0 Å². The normalized spacial score (nSPS) is 19.9. The van der Waals surface area contributed by atoms with Gasteiger partial charge in [0.25, 0.3) is 0 Å². The Labute approximate surface area is 200 Å². The van der Waals surface area contributed by atoms with Crippen LogP contribution in [0.2, 0.25) is 0 Å². The first kappa shape index (κ1) is 22.7. The van der Waals surface area contributed by atoms with Crippen molar-refractivity contribution in [3.63, 3.8) is 0 Å². The number of anilines is 1. The van der Waals surface area contributed by atoms with E-state index in [4.69, 9.17) is 9.97 Å². The van der Waals surface area contributed by atoms with Crippen LogP contribution in [0.1, 0.15) is 54.9 Å². The smallest absolute Gasteiger partial charge is 0.243 e. The molecule has 0 unspecified atom stereocenters. The van der Waals surface area contributed by atoms with Crippen molar-refractivity contribution in [2.75, 3.05) is 31.1 Å². The number of fused-ring (bicyclic) bond motifs is 3. The summed E-state index contributed by atoms with van der Waals surface area (Å²) < 4.78 is 28.1. The maximum Gasteiger partial charge on any atom is 0.243 e. The molecule has 1 aromatic carbocycles. The van der Waals surface area contributed by atoms with Gasteiger partial charge in [0.2, 0.25) is 10.0 Å². The Kier molecular flexibility index (Phi) is 5.95. The number of nitrogens with zero attached hydrogens (tertiary/aromatic N) is 4. The molecule has 3 heterocycles. The van der Waals surface area contributed by atoms with E-state index in [-0.39, 0.29) is 0 Å². The molecule has 0 bridgehead atoms. The highest BCUT2D eigenvalue weighted by Gasteiger charge is 2.31. The molecule has 2 aromatic heterocycles. The zero-order valence-corrected chi connectivity index (χ0v) is 21.5. The van der Waals surface area contributed by atoms with E-state index in [9.17, 15) is 8.42 Å². The Balaban J connectivity index is 1.39. The summed E-state index contributed by atoms with van der Waals surface area (Å²) in [6, 6.07) is 7.34. The van der Waals surface area contributed by atoms with E-state index in [0.717, 1.165) is 34.9 Å². The quantitative estimate of drug-likeness (QED) is 0.534. The van der Waals surface area contributed by atoms with Crippen molar-refractivity contribution in [1.29, 1.82) is 0 Å². The number of aromatic nitrogens is 2. The minimum absolute atomic E-state index is 0.377. The zero-order valence-electron chi connectivity index (χ0n) is 19.8. The van der Waals surface area contributed by atoms with Crippen LogP contribution in [-0.4, -0.2) is 48.9 Å². The second kappa shape index (κ2) is 8.64. The summed E-state index contributed by atoms with van der Waals surface area (Å²) >= 11 is 1.82. The number of thiophene rings is 1. The molecule has 0 radical (unpaired) electrons. The lowest BCUT2D eigenvalue weighted by Gasteiger charge is -2.35. The second-order valence-corrected chi connectivity index (χ2v) is 12.8. The summed E-state index contributed by atoms with van der Waals surface area (Å²) in [6.07, 6.45) is 3.40.